The standard InChI is InChI=1S/C24H27NO7/c1-17(2)32-22(23(26)27)12-18-8-10-20(11-9-18)25(13-19-6-4-3-5-7-19)24(28)30-15-21-14-29-16-31-21/h3-11,14,17,22H,12-13,15-16H2,1-2H3,(H,26,27). The molecule has 170 valence electrons. The molecule has 0 aliphatic carbocycles. The number of hydrogen-bond donors (Lipinski definition) is 1. The van der Waals surface area contributed by atoms with Gasteiger partial charge in [0.2, 0.25) is 6.79 Å². The molecule has 3 rings (SSSR count). The Labute approximate surface area is 187 Å². The summed E-state index contributed by atoms with van der Waals surface area (Å²) in [5.41, 5.74) is 2.35. The van der Waals surface area contributed by atoms with E-state index in [1.54, 1.807) is 38.1 Å². The highest BCUT2D eigenvalue weighted by molar-refractivity contribution is 5.87. The first-order valence-electron chi connectivity index (χ1n) is 10.3. The highest BCUT2D eigenvalue weighted by atomic mass is 16.7. The minimum Gasteiger partial charge on any atom is -0.479 e. The van der Waals surface area contributed by atoms with Crippen molar-refractivity contribution in [2.75, 3.05) is 18.3 Å². The summed E-state index contributed by atoms with van der Waals surface area (Å²) < 4.78 is 21.0. The lowest BCUT2D eigenvalue weighted by Crippen LogP contribution is -2.31. The van der Waals surface area contributed by atoms with E-state index >= 15 is 0 Å². The maximum Gasteiger partial charge on any atom is 0.415 e. The summed E-state index contributed by atoms with van der Waals surface area (Å²) >= 11 is 0. The molecule has 1 aliphatic heterocycles. The molecule has 0 bridgehead atoms. The third kappa shape index (κ3) is 6.75. The van der Waals surface area contributed by atoms with Crippen molar-refractivity contribution < 1.29 is 33.6 Å². The van der Waals surface area contributed by atoms with E-state index in [4.69, 9.17) is 18.9 Å². The first-order chi connectivity index (χ1) is 15.4. The highest BCUT2D eigenvalue weighted by Crippen LogP contribution is 2.21. The molecule has 0 saturated carbocycles. The van der Waals surface area contributed by atoms with E-state index in [-0.39, 0.29) is 25.9 Å². The Balaban J connectivity index is 1.74. The molecule has 1 N–H and O–H groups in total. The zero-order chi connectivity index (χ0) is 22.9. The highest BCUT2D eigenvalue weighted by Gasteiger charge is 2.22. The second-order valence-corrected chi connectivity index (χ2v) is 7.52. The van der Waals surface area contributed by atoms with Gasteiger partial charge in [-0.15, -0.1) is 0 Å². The van der Waals surface area contributed by atoms with Crippen molar-refractivity contribution in [1.29, 1.82) is 0 Å². The first-order valence-corrected chi connectivity index (χ1v) is 10.3. The van der Waals surface area contributed by atoms with Crippen LogP contribution in [-0.2, 0) is 36.7 Å². The van der Waals surface area contributed by atoms with Gasteiger partial charge in [-0.3, -0.25) is 4.90 Å². The maximum absolute atomic E-state index is 12.9. The van der Waals surface area contributed by atoms with Gasteiger partial charge in [-0.1, -0.05) is 42.5 Å². The summed E-state index contributed by atoms with van der Waals surface area (Å²) in [6.07, 6.45) is -0.0296. The monoisotopic (exact) mass is 441 g/mol. The van der Waals surface area contributed by atoms with Crippen LogP contribution in [0.15, 0.2) is 66.6 Å². The average Bonchev–Trinajstić information content (AvgIpc) is 3.30. The Morgan fingerprint density at radius 2 is 1.78 bits per heavy atom. The normalized spacial score (nSPS) is 13.7. The van der Waals surface area contributed by atoms with Gasteiger partial charge >= 0.3 is 12.1 Å². The second-order valence-electron chi connectivity index (χ2n) is 7.52. The molecule has 0 saturated heterocycles. The fourth-order valence-electron chi connectivity index (χ4n) is 3.13. The second kappa shape index (κ2) is 11.2. The molecule has 1 heterocycles. The summed E-state index contributed by atoms with van der Waals surface area (Å²) in [5, 5.41) is 9.39. The van der Waals surface area contributed by atoms with Crippen LogP contribution in [0.4, 0.5) is 10.5 Å². The Kier molecular flexibility index (Phi) is 8.10. The number of ether oxygens (including phenoxy) is 4. The summed E-state index contributed by atoms with van der Waals surface area (Å²) in [6, 6.07) is 16.7. The van der Waals surface area contributed by atoms with Crippen LogP contribution in [0.25, 0.3) is 0 Å². The van der Waals surface area contributed by atoms with Gasteiger partial charge in [0, 0.05) is 12.1 Å². The third-order valence-electron chi connectivity index (χ3n) is 4.65. The van der Waals surface area contributed by atoms with Crippen LogP contribution in [-0.4, -0.2) is 42.8 Å². The van der Waals surface area contributed by atoms with Gasteiger partial charge in [-0.25, -0.2) is 9.59 Å². The molecule has 0 radical (unpaired) electrons. The van der Waals surface area contributed by atoms with Gasteiger partial charge in [-0.05, 0) is 37.1 Å². The van der Waals surface area contributed by atoms with E-state index in [1.165, 1.54) is 11.2 Å². The average molecular weight is 441 g/mol. The first kappa shape index (κ1) is 23.1. The zero-order valence-electron chi connectivity index (χ0n) is 18.1. The number of amides is 1. The van der Waals surface area contributed by atoms with Crippen LogP contribution in [0.5, 0.6) is 0 Å². The van der Waals surface area contributed by atoms with Gasteiger partial charge in [0.25, 0.3) is 0 Å². The number of rotatable bonds is 10. The summed E-state index contributed by atoms with van der Waals surface area (Å²) in [4.78, 5) is 25.8. The van der Waals surface area contributed by atoms with E-state index in [0.717, 1.165) is 11.1 Å². The number of carboxylic acids is 1. The van der Waals surface area contributed by atoms with Gasteiger partial charge in [0.1, 0.15) is 6.26 Å². The predicted octanol–water partition coefficient (Wildman–Crippen LogP) is 4.10. The van der Waals surface area contributed by atoms with E-state index in [9.17, 15) is 14.7 Å². The van der Waals surface area contributed by atoms with Crippen molar-refractivity contribution in [2.45, 2.75) is 39.0 Å². The maximum atomic E-state index is 12.9. The van der Waals surface area contributed by atoms with Crippen molar-refractivity contribution in [3.05, 3.63) is 77.7 Å². The number of nitrogens with zero attached hydrogens (tertiary/aromatic N) is 1. The number of aliphatic carboxylic acids is 1. The van der Waals surface area contributed by atoms with E-state index < -0.39 is 18.2 Å². The Hall–Kier alpha value is -3.52. The smallest absolute Gasteiger partial charge is 0.415 e. The van der Waals surface area contributed by atoms with Crippen LogP contribution >= 0.6 is 0 Å². The number of carboxylic acid groups (broad SMARTS) is 1. The lowest BCUT2D eigenvalue weighted by Gasteiger charge is -2.23. The summed E-state index contributed by atoms with van der Waals surface area (Å²) in [7, 11) is 0. The van der Waals surface area contributed by atoms with Gasteiger partial charge in [0.15, 0.2) is 18.5 Å². The lowest BCUT2D eigenvalue weighted by atomic mass is 10.1. The largest absolute Gasteiger partial charge is 0.479 e. The predicted molar refractivity (Wildman–Crippen MR) is 117 cm³/mol. The van der Waals surface area contributed by atoms with Gasteiger partial charge in [-0.2, -0.15) is 0 Å². The molecule has 2 aromatic rings. The van der Waals surface area contributed by atoms with Crippen LogP contribution in [0.3, 0.4) is 0 Å². The molecular formula is C24H27NO7. The number of benzene rings is 2. The fraction of sp³-hybridized carbons (Fsp3) is 0.333. The van der Waals surface area contributed by atoms with Crippen LogP contribution in [0, 0.1) is 0 Å². The Morgan fingerprint density at radius 1 is 1.06 bits per heavy atom. The van der Waals surface area contributed by atoms with Gasteiger partial charge in [0.05, 0.1) is 12.6 Å². The third-order valence-corrected chi connectivity index (χ3v) is 4.65. The summed E-state index contributed by atoms with van der Waals surface area (Å²) in [5.74, 6) is -0.567. The molecule has 1 aliphatic rings. The number of anilines is 1. The number of carbonyl (C=O) groups is 2. The van der Waals surface area contributed by atoms with Gasteiger partial charge < -0.3 is 24.1 Å². The molecule has 0 spiro atoms. The minimum absolute atomic E-state index is 0.0327. The molecule has 32 heavy (non-hydrogen) atoms. The molecule has 1 atom stereocenters. The molecular weight excluding hydrogens is 414 g/mol. The van der Waals surface area contributed by atoms with E-state index in [2.05, 4.69) is 0 Å². The number of hydrogen-bond acceptors (Lipinski definition) is 6. The molecule has 0 aromatic heterocycles. The zero-order valence-corrected chi connectivity index (χ0v) is 18.1. The van der Waals surface area contributed by atoms with Crippen molar-refractivity contribution in [2.24, 2.45) is 0 Å². The number of carbonyl (C=O) groups excluding carboxylic acids is 1. The van der Waals surface area contributed by atoms with Crippen molar-refractivity contribution in [3.63, 3.8) is 0 Å². The molecule has 0 fully saturated rings. The van der Waals surface area contributed by atoms with E-state index in [1.807, 2.05) is 30.3 Å². The van der Waals surface area contributed by atoms with Crippen LogP contribution < -0.4 is 4.90 Å². The van der Waals surface area contributed by atoms with Crippen LogP contribution in [0.1, 0.15) is 25.0 Å². The molecule has 8 nitrogen and oxygen atoms in total. The molecule has 8 heteroatoms. The SMILES string of the molecule is CC(C)OC(Cc1ccc(N(Cc2ccccc2)C(=O)OCC2=COCO2)cc1)C(=O)O. The summed E-state index contributed by atoms with van der Waals surface area (Å²) in [6.45, 7) is 3.98. The molecule has 2 aromatic carbocycles. The topological polar surface area (TPSA) is 94.5 Å². The van der Waals surface area contributed by atoms with E-state index in [0.29, 0.717) is 18.0 Å². The van der Waals surface area contributed by atoms with Crippen LogP contribution in [0.2, 0.25) is 0 Å². The van der Waals surface area contributed by atoms with Crippen molar-refractivity contribution in [1.82, 2.24) is 0 Å². The Morgan fingerprint density at radius 3 is 2.38 bits per heavy atom. The fourth-order valence-corrected chi connectivity index (χ4v) is 3.13. The lowest BCUT2D eigenvalue weighted by molar-refractivity contribution is -0.153. The minimum atomic E-state index is -1.01. The van der Waals surface area contributed by atoms with Crippen molar-refractivity contribution in [3.8, 4) is 0 Å². The Bertz CT molecular complexity index is 925. The molecule has 1 amide bonds. The molecule has 1 unspecified atom stereocenters. The van der Waals surface area contributed by atoms with Crippen molar-refractivity contribution >= 4 is 17.7 Å². The quantitative estimate of drug-likeness (QED) is 0.593.